The van der Waals surface area contributed by atoms with E-state index in [0.717, 1.165) is 43.9 Å². The number of methoxy groups -OCH3 is 2. The Hall–Kier alpha value is -2.53. The standard InChI is InChI=1S/C25H33N3O2/c1-18-6-5-7-19(14-18)17-26-27-21-10-11-25(12-13-28(2)24(25)16-21)20-8-9-22(29-3)23(15-20)30-4/h5-9,14-15,24,26H,10-13,16-17H2,1-4H3/b27-21+/t24?,25-/m0/s1. The number of nitrogens with zero attached hydrogens (tertiary/aromatic N) is 2. The van der Waals surface area contributed by atoms with E-state index in [0.29, 0.717) is 6.04 Å². The van der Waals surface area contributed by atoms with E-state index in [1.165, 1.54) is 28.8 Å². The Morgan fingerprint density at radius 1 is 1.10 bits per heavy atom. The van der Waals surface area contributed by atoms with Crippen molar-refractivity contribution in [1.82, 2.24) is 10.3 Å². The molecule has 0 spiro atoms. The molecule has 5 heteroatoms. The van der Waals surface area contributed by atoms with Gasteiger partial charge in [-0.05, 0) is 63.0 Å². The zero-order valence-corrected chi connectivity index (χ0v) is 18.6. The Kier molecular flexibility index (Phi) is 6.00. The van der Waals surface area contributed by atoms with Gasteiger partial charge in [0.25, 0.3) is 0 Å². The maximum absolute atomic E-state index is 5.59. The molecule has 2 atom stereocenters. The summed E-state index contributed by atoms with van der Waals surface area (Å²) in [7, 11) is 5.65. The average molecular weight is 408 g/mol. The van der Waals surface area contributed by atoms with Gasteiger partial charge in [0.15, 0.2) is 11.5 Å². The van der Waals surface area contributed by atoms with Crippen molar-refractivity contribution in [3.8, 4) is 11.5 Å². The van der Waals surface area contributed by atoms with Crippen LogP contribution in [0.25, 0.3) is 0 Å². The lowest BCUT2D eigenvalue weighted by atomic mass is 9.65. The zero-order valence-electron chi connectivity index (χ0n) is 18.6. The van der Waals surface area contributed by atoms with Gasteiger partial charge in [-0.25, -0.2) is 0 Å². The van der Waals surface area contributed by atoms with E-state index in [4.69, 9.17) is 14.6 Å². The fourth-order valence-electron chi connectivity index (χ4n) is 5.25. The molecule has 1 saturated heterocycles. The third-order valence-electron chi connectivity index (χ3n) is 6.93. The maximum Gasteiger partial charge on any atom is 0.161 e. The minimum atomic E-state index is 0.157. The number of hydrogen-bond donors (Lipinski definition) is 1. The van der Waals surface area contributed by atoms with Crippen molar-refractivity contribution in [2.75, 3.05) is 27.8 Å². The number of rotatable bonds is 6. The number of hydrogen-bond acceptors (Lipinski definition) is 5. The van der Waals surface area contributed by atoms with E-state index < -0.39 is 0 Å². The van der Waals surface area contributed by atoms with Crippen LogP contribution in [0, 0.1) is 6.92 Å². The summed E-state index contributed by atoms with van der Waals surface area (Å²) in [4.78, 5) is 2.51. The summed E-state index contributed by atoms with van der Waals surface area (Å²) in [6.45, 7) is 4.01. The third kappa shape index (κ3) is 3.91. The van der Waals surface area contributed by atoms with Gasteiger partial charge in [-0.15, -0.1) is 0 Å². The molecule has 1 unspecified atom stereocenters. The largest absolute Gasteiger partial charge is 0.493 e. The predicted molar refractivity (Wildman–Crippen MR) is 122 cm³/mol. The zero-order chi connectivity index (χ0) is 21.1. The molecule has 30 heavy (non-hydrogen) atoms. The van der Waals surface area contributed by atoms with E-state index in [-0.39, 0.29) is 5.41 Å². The number of ether oxygens (including phenoxy) is 2. The Morgan fingerprint density at radius 2 is 1.93 bits per heavy atom. The van der Waals surface area contributed by atoms with E-state index in [2.05, 4.69) is 60.7 Å². The summed E-state index contributed by atoms with van der Waals surface area (Å²) in [6.07, 6.45) is 4.32. The van der Waals surface area contributed by atoms with E-state index in [1.54, 1.807) is 14.2 Å². The van der Waals surface area contributed by atoms with Crippen LogP contribution in [-0.2, 0) is 12.0 Å². The number of likely N-dealkylation sites (N-methyl/N-ethyl adjacent to an activating group) is 1. The van der Waals surface area contributed by atoms with Crippen LogP contribution in [0.15, 0.2) is 47.6 Å². The number of fused-ring (bicyclic) bond motifs is 1. The highest BCUT2D eigenvalue weighted by Crippen LogP contribution is 2.49. The number of benzene rings is 2. The van der Waals surface area contributed by atoms with Crippen LogP contribution in [-0.4, -0.2) is 44.5 Å². The number of hydrazone groups is 1. The van der Waals surface area contributed by atoms with Gasteiger partial charge < -0.3 is 19.8 Å². The van der Waals surface area contributed by atoms with Gasteiger partial charge in [-0.2, -0.15) is 5.10 Å². The molecule has 0 aromatic heterocycles. The molecular formula is C25H33N3O2. The first-order valence-corrected chi connectivity index (χ1v) is 10.8. The molecule has 2 aliphatic rings. The lowest BCUT2D eigenvalue weighted by Crippen LogP contribution is -2.46. The number of aryl methyl sites for hydroxylation is 1. The predicted octanol–water partition coefficient (Wildman–Crippen LogP) is 4.28. The van der Waals surface area contributed by atoms with Gasteiger partial charge in [0.05, 0.1) is 20.8 Å². The molecule has 0 bridgehead atoms. The van der Waals surface area contributed by atoms with Crippen LogP contribution in [0.5, 0.6) is 11.5 Å². The van der Waals surface area contributed by atoms with Crippen LogP contribution in [0.2, 0.25) is 0 Å². The van der Waals surface area contributed by atoms with Crippen LogP contribution in [0.4, 0.5) is 0 Å². The Labute approximate surface area is 180 Å². The molecular weight excluding hydrogens is 374 g/mol. The first-order chi connectivity index (χ1) is 14.6. The summed E-state index contributed by atoms with van der Waals surface area (Å²) in [5.41, 5.74) is 8.66. The molecule has 5 nitrogen and oxygen atoms in total. The van der Waals surface area contributed by atoms with Crippen molar-refractivity contribution in [2.45, 2.75) is 50.6 Å². The summed E-state index contributed by atoms with van der Waals surface area (Å²) < 4.78 is 11.0. The molecule has 0 amide bonds. The molecule has 160 valence electrons. The summed E-state index contributed by atoms with van der Waals surface area (Å²) >= 11 is 0. The summed E-state index contributed by atoms with van der Waals surface area (Å²) in [6, 6.07) is 15.5. The Bertz CT molecular complexity index is 926. The second kappa shape index (κ2) is 8.68. The van der Waals surface area contributed by atoms with Crippen LogP contribution < -0.4 is 14.9 Å². The lowest BCUT2D eigenvalue weighted by Gasteiger charge is -2.42. The summed E-state index contributed by atoms with van der Waals surface area (Å²) in [5.74, 6) is 1.61. The SMILES string of the molecule is COc1ccc([C@@]23CC/C(=N\NCc4cccc(C)c4)CC2N(C)CC3)cc1OC. The highest BCUT2D eigenvalue weighted by molar-refractivity contribution is 5.86. The van der Waals surface area contributed by atoms with Gasteiger partial charge in [-0.3, -0.25) is 0 Å². The maximum atomic E-state index is 5.59. The topological polar surface area (TPSA) is 46.1 Å². The molecule has 1 aliphatic carbocycles. The average Bonchev–Trinajstić information content (AvgIpc) is 3.10. The van der Waals surface area contributed by atoms with Crippen molar-refractivity contribution < 1.29 is 9.47 Å². The minimum Gasteiger partial charge on any atom is -0.493 e. The summed E-state index contributed by atoms with van der Waals surface area (Å²) in [5, 5.41) is 4.78. The monoisotopic (exact) mass is 407 g/mol. The van der Waals surface area contributed by atoms with E-state index in [9.17, 15) is 0 Å². The first kappa shape index (κ1) is 20.7. The minimum absolute atomic E-state index is 0.157. The number of nitrogens with one attached hydrogen (secondary N) is 1. The highest BCUT2D eigenvalue weighted by atomic mass is 16.5. The molecule has 1 aliphatic heterocycles. The van der Waals surface area contributed by atoms with Gasteiger partial charge in [0, 0.05) is 23.6 Å². The first-order valence-electron chi connectivity index (χ1n) is 10.8. The van der Waals surface area contributed by atoms with Crippen molar-refractivity contribution in [3.05, 3.63) is 59.2 Å². The van der Waals surface area contributed by atoms with Gasteiger partial charge in [0.1, 0.15) is 0 Å². The van der Waals surface area contributed by atoms with E-state index in [1.807, 2.05) is 6.07 Å². The molecule has 4 rings (SSSR count). The van der Waals surface area contributed by atoms with Crippen LogP contribution in [0.3, 0.4) is 0 Å². The molecule has 2 aromatic rings. The molecule has 1 N–H and O–H groups in total. The van der Waals surface area contributed by atoms with Crippen molar-refractivity contribution in [3.63, 3.8) is 0 Å². The second-order valence-corrected chi connectivity index (χ2v) is 8.68. The smallest absolute Gasteiger partial charge is 0.161 e. The van der Waals surface area contributed by atoms with E-state index >= 15 is 0 Å². The normalized spacial score (nSPS) is 25.2. The quantitative estimate of drug-likeness (QED) is 0.726. The fraction of sp³-hybridized carbons (Fsp3) is 0.480. The third-order valence-corrected chi connectivity index (χ3v) is 6.93. The van der Waals surface area contributed by atoms with Crippen molar-refractivity contribution in [2.24, 2.45) is 5.10 Å². The highest BCUT2D eigenvalue weighted by Gasteiger charge is 2.49. The molecule has 2 fully saturated rings. The second-order valence-electron chi connectivity index (χ2n) is 8.68. The van der Waals surface area contributed by atoms with Crippen molar-refractivity contribution in [1.29, 1.82) is 0 Å². The molecule has 1 heterocycles. The van der Waals surface area contributed by atoms with Crippen molar-refractivity contribution >= 4 is 5.71 Å². The Morgan fingerprint density at radius 3 is 2.70 bits per heavy atom. The van der Waals surface area contributed by atoms with Gasteiger partial charge in [-0.1, -0.05) is 35.9 Å². The lowest BCUT2D eigenvalue weighted by molar-refractivity contribution is 0.226. The molecule has 0 radical (unpaired) electrons. The Balaban J connectivity index is 1.51. The van der Waals surface area contributed by atoms with Crippen LogP contribution in [0.1, 0.15) is 42.4 Å². The molecule has 1 saturated carbocycles. The van der Waals surface area contributed by atoms with Crippen LogP contribution >= 0.6 is 0 Å². The molecule has 2 aromatic carbocycles. The van der Waals surface area contributed by atoms with Gasteiger partial charge >= 0.3 is 0 Å². The fourth-order valence-corrected chi connectivity index (χ4v) is 5.25. The number of likely N-dealkylation sites (tertiary alicyclic amines) is 1. The van der Waals surface area contributed by atoms with Gasteiger partial charge in [0.2, 0.25) is 0 Å².